The van der Waals surface area contributed by atoms with Gasteiger partial charge >= 0.3 is 0 Å². The Morgan fingerprint density at radius 3 is 2.69 bits per heavy atom. The van der Waals surface area contributed by atoms with E-state index in [9.17, 15) is 4.79 Å². The van der Waals surface area contributed by atoms with Gasteiger partial charge in [0.2, 0.25) is 5.28 Å². The molecule has 0 saturated carbocycles. The fourth-order valence-electron chi connectivity index (χ4n) is 1.50. The highest BCUT2D eigenvalue weighted by Crippen LogP contribution is 2.22. The summed E-state index contributed by atoms with van der Waals surface area (Å²) in [6.07, 6.45) is 1.57. The van der Waals surface area contributed by atoms with E-state index < -0.39 is 0 Å². The first-order valence-corrected chi connectivity index (χ1v) is 5.15. The molecule has 80 valence electrons. The summed E-state index contributed by atoms with van der Waals surface area (Å²) >= 11 is 5.72. The Labute approximate surface area is 98.1 Å². The summed E-state index contributed by atoms with van der Waals surface area (Å²) in [5.41, 5.74) is 2.07. The van der Waals surface area contributed by atoms with Gasteiger partial charge in [-0.2, -0.15) is 0 Å². The van der Waals surface area contributed by atoms with Crippen LogP contribution in [0.2, 0.25) is 5.28 Å². The minimum atomic E-state index is 0.00494. The Hall–Kier alpha value is -1.74. The van der Waals surface area contributed by atoms with Crippen LogP contribution in [0.25, 0.3) is 11.3 Å². The lowest BCUT2D eigenvalue weighted by atomic mass is 10.0. The summed E-state index contributed by atoms with van der Waals surface area (Å²) in [7, 11) is 0. The average Bonchev–Trinajstić information content (AvgIpc) is 2.29. The molecule has 0 N–H and O–H groups in total. The maximum absolute atomic E-state index is 11.4. The van der Waals surface area contributed by atoms with Crippen LogP contribution >= 0.6 is 11.6 Å². The summed E-state index contributed by atoms with van der Waals surface area (Å²) in [5, 5.41) is 0.177. The molecular formula is C12H9ClN2O. The van der Waals surface area contributed by atoms with Crippen LogP contribution in [0.4, 0.5) is 0 Å². The van der Waals surface area contributed by atoms with E-state index in [4.69, 9.17) is 11.6 Å². The zero-order valence-corrected chi connectivity index (χ0v) is 9.40. The van der Waals surface area contributed by atoms with Gasteiger partial charge in [-0.3, -0.25) is 4.79 Å². The van der Waals surface area contributed by atoms with Gasteiger partial charge in [-0.05, 0) is 24.6 Å². The molecule has 3 nitrogen and oxygen atoms in total. The minimum Gasteiger partial charge on any atom is -0.294 e. The van der Waals surface area contributed by atoms with Crippen molar-refractivity contribution >= 4 is 17.4 Å². The Morgan fingerprint density at radius 2 is 2.00 bits per heavy atom. The Kier molecular flexibility index (Phi) is 2.97. The second-order valence-electron chi connectivity index (χ2n) is 3.31. The third kappa shape index (κ3) is 2.09. The fraction of sp³-hybridized carbons (Fsp3) is 0.0833. The molecule has 0 unspecified atom stereocenters. The van der Waals surface area contributed by atoms with E-state index in [1.165, 1.54) is 6.92 Å². The van der Waals surface area contributed by atoms with Crippen molar-refractivity contribution in [1.29, 1.82) is 0 Å². The van der Waals surface area contributed by atoms with Gasteiger partial charge in [0.25, 0.3) is 0 Å². The molecule has 0 fully saturated rings. The quantitative estimate of drug-likeness (QED) is 0.591. The number of carbonyl (C=O) groups is 1. The Bertz CT molecular complexity index is 540. The van der Waals surface area contributed by atoms with Gasteiger partial charge in [0.15, 0.2) is 5.78 Å². The second kappa shape index (κ2) is 4.41. The molecule has 0 saturated heterocycles. The molecule has 1 aromatic carbocycles. The highest BCUT2D eigenvalue weighted by Gasteiger charge is 2.09. The van der Waals surface area contributed by atoms with Crippen molar-refractivity contribution in [3.05, 3.63) is 47.4 Å². The van der Waals surface area contributed by atoms with Gasteiger partial charge in [0.1, 0.15) is 0 Å². The van der Waals surface area contributed by atoms with E-state index in [0.717, 1.165) is 5.56 Å². The van der Waals surface area contributed by atoms with E-state index in [1.807, 2.05) is 18.2 Å². The monoisotopic (exact) mass is 232 g/mol. The standard InChI is InChI=1S/C12H9ClN2O/c1-8(16)9-4-2-3-5-10(9)11-6-7-14-12(13)15-11/h2-7H,1H3. The minimum absolute atomic E-state index is 0.00494. The first-order valence-electron chi connectivity index (χ1n) is 4.77. The molecule has 0 atom stereocenters. The lowest BCUT2D eigenvalue weighted by Gasteiger charge is -2.05. The van der Waals surface area contributed by atoms with Crippen LogP contribution in [0.5, 0.6) is 0 Å². The molecule has 1 heterocycles. The number of hydrogen-bond acceptors (Lipinski definition) is 3. The lowest BCUT2D eigenvalue weighted by molar-refractivity contribution is 0.101. The first-order chi connectivity index (χ1) is 7.68. The van der Waals surface area contributed by atoms with Crippen molar-refractivity contribution < 1.29 is 4.79 Å². The van der Waals surface area contributed by atoms with Crippen LogP contribution in [-0.2, 0) is 0 Å². The number of aromatic nitrogens is 2. The van der Waals surface area contributed by atoms with E-state index in [-0.39, 0.29) is 11.1 Å². The topological polar surface area (TPSA) is 42.9 Å². The van der Waals surface area contributed by atoms with Crippen molar-refractivity contribution in [2.75, 3.05) is 0 Å². The van der Waals surface area contributed by atoms with Crippen molar-refractivity contribution in [1.82, 2.24) is 9.97 Å². The van der Waals surface area contributed by atoms with E-state index in [1.54, 1.807) is 18.3 Å². The van der Waals surface area contributed by atoms with E-state index in [0.29, 0.717) is 11.3 Å². The number of benzene rings is 1. The number of carbonyl (C=O) groups excluding carboxylic acids is 1. The van der Waals surface area contributed by atoms with Crippen molar-refractivity contribution in [2.45, 2.75) is 6.92 Å². The Balaban J connectivity index is 2.60. The predicted molar refractivity (Wildman–Crippen MR) is 62.5 cm³/mol. The van der Waals surface area contributed by atoms with Gasteiger partial charge in [-0.25, -0.2) is 9.97 Å². The normalized spacial score (nSPS) is 10.1. The maximum Gasteiger partial charge on any atom is 0.222 e. The maximum atomic E-state index is 11.4. The molecule has 0 aliphatic carbocycles. The number of nitrogens with zero attached hydrogens (tertiary/aromatic N) is 2. The molecule has 0 amide bonds. The number of hydrogen-bond donors (Lipinski definition) is 0. The SMILES string of the molecule is CC(=O)c1ccccc1-c1ccnc(Cl)n1. The van der Waals surface area contributed by atoms with Crippen LogP contribution in [-0.4, -0.2) is 15.8 Å². The summed E-state index contributed by atoms with van der Waals surface area (Å²) in [4.78, 5) is 19.3. The number of Topliss-reactive ketones (excluding diaryl/α,β-unsaturated/α-hetero) is 1. The van der Waals surface area contributed by atoms with Crippen LogP contribution in [0, 0.1) is 0 Å². The number of halogens is 1. The van der Waals surface area contributed by atoms with Crippen LogP contribution in [0.1, 0.15) is 17.3 Å². The summed E-state index contributed by atoms with van der Waals surface area (Å²) in [6, 6.07) is 9.03. The third-order valence-electron chi connectivity index (χ3n) is 2.21. The first kappa shape index (κ1) is 10.8. The second-order valence-corrected chi connectivity index (χ2v) is 3.65. The zero-order chi connectivity index (χ0) is 11.5. The smallest absolute Gasteiger partial charge is 0.222 e. The van der Waals surface area contributed by atoms with Crippen molar-refractivity contribution in [3.8, 4) is 11.3 Å². The van der Waals surface area contributed by atoms with Crippen LogP contribution in [0.15, 0.2) is 36.5 Å². The molecule has 2 aromatic rings. The summed E-state index contributed by atoms with van der Waals surface area (Å²) < 4.78 is 0. The van der Waals surface area contributed by atoms with E-state index >= 15 is 0 Å². The molecule has 1 aromatic heterocycles. The summed E-state index contributed by atoms with van der Waals surface area (Å²) in [5.74, 6) is 0.00494. The van der Waals surface area contributed by atoms with Crippen molar-refractivity contribution in [3.63, 3.8) is 0 Å². The van der Waals surface area contributed by atoms with Crippen LogP contribution in [0.3, 0.4) is 0 Å². The number of rotatable bonds is 2. The van der Waals surface area contributed by atoms with E-state index in [2.05, 4.69) is 9.97 Å². The van der Waals surface area contributed by atoms with Gasteiger partial charge in [0, 0.05) is 17.3 Å². The molecular weight excluding hydrogens is 224 g/mol. The summed E-state index contributed by atoms with van der Waals surface area (Å²) in [6.45, 7) is 1.53. The zero-order valence-electron chi connectivity index (χ0n) is 8.64. The average molecular weight is 233 g/mol. The number of ketones is 1. The molecule has 0 bridgehead atoms. The largest absolute Gasteiger partial charge is 0.294 e. The third-order valence-corrected chi connectivity index (χ3v) is 2.39. The highest BCUT2D eigenvalue weighted by molar-refractivity contribution is 6.28. The van der Waals surface area contributed by atoms with Gasteiger partial charge in [-0.15, -0.1) is 0 Å². The lowest BCUT2D eigenvalue weighted by Crippen LogP contribution is -1.97. The Morgan fingerprint density at radius 1 is 1.25 bits per heavy atom. The molecule has 0 spiro atoms. The molecule has 0 aliphatic heterocycles. The van der Waals surface area contributed by atoms with Gasteiger partial charge in [0.05, 0.1) is 5.69 Å². The van der Waals surface area contributed by atoms with Crippen LogP contribution < -0.4 is 0 Å². The van der Waals surface area contributed by atoms with Gasteiger partial charge in [-0.1, -0.05) is 24.3 Å². The highest BCUT2D eigenvalue weighted by atomic mass is 35.5. The predicted octanol–water partition coefficient (Wildman–Crippen LogP) is 3.00. The van der Waals surface area contributed by atoms with Crippen molar-refractivity contribution in [2.24, 2.45) is 0 Å². The molecule has 4 heteroatoms. The fourth-order valence-corrected chi connectivity index (χ4v) is 1.65. The van der Waals surface area contributed by atoms with Gasteiger partial charge < -0.3 is 0 Å². The molecule has 16 heavy (non-hydrogen) atoms. The molecule has 0 radical (unpaired) electrons. The molecule has 2 rings (SSSR count). The molecule has 0 aliphatic rings.